The molecule has 2 aliphatic rings. The van der Waals surface area contributed by atoms with Gasteiger partial charge in [-0.15, -0.1) is 12.4 Å². The first-order valence-electron chi connectivity index (χ1n) is 12.1. The van der Waals surface area contributed by atoms with E-state index in [0.717, 1.165) is 36.7 Å². The maximum Gasteiger partial charge on any atom is 0.243 e. The number of ether oxygens (including phenoxy) is 1. The van der Waals surface area contributed by atoms with E-state index in [-0.39, 0.29) is 17.9 Å². The van der Waals surface area contributed by atoms with Crippen LogP contribution in [0.2, 0.25) is 0 Å². The number of benzene rings is 2. The van der Waals surface area contributed by atoms with Crippen molar-refractivity contribution in [2.75, 3.05) is 33.3 Å². The number of piperidine rings is 1. The van der Waals surface area contributed by atoms with Crippen LogP contribution >= 0.6 is 12.4 Å². The van der Waals surface area contributed by atoms with Crippen LogP contribution in [0.3, 0.4) is 0 Å². The lowest BCUT2D eigenvalue weighted by Gasteiger charge is -2.44. The van der Waals surface area contributed by atoms with Crippen LogP contribution < -0.4 is 15.4 Å². The predicted octanol–water partition coefficient (Wildman–Crippen LogP) is 3.63. The fraction of sp³-hybridized carbons (Fsp3) is 0.500. The number of aliphatic imine (C=N–C) groups is 1. The number of amidine groups is 1. The lowest BCUT2D eigenvalue weighted by molar-refractivity contribution is 0.241. The molecular weight excluding hydrogens is 484 g/mol. The van der Waals surface area contributed by atoms with Gasteiger partial charge in [-0.3, -0.25) is 4.99 Å². The molecule has 1 saturated heterocycles. The van der Waals surface area contributed by atoms with Crippen molar-refractivity contribution in [3.8, 4) is 5.75 Å². The van der Waals surface area contributed by atoms with Gasteiger partial charge in [0, 0.05) is 26.2 Å². The van der Waals surface area contributed by atoms with Crippen molar-refractivity contribution in [2.45, 2.75) is 50.1 Å². The van der Waals surface area contributed by atoms with E-state index in [9.17, 15) is 8.42 Å². The molecule has 2 N–H and O–H groups in total. The first kappa shape index (κ1) is 27.5. The number of halogens is 1. The van der Waals surface area contributed by atoms with Crippen molar-refractivity contribution in [3.05, 3.63) is 59.7 Å². The summed E-state index contributed by atoms with van der Waals surface area (Å²) in [5, 5.41) is 7.16. The van der Waals surface area contributed by atoms with E-state index in [1.165, 1.54) is 5.56 Å². The number of rotatable bonds is 7. The van der Waals surface area contributed by atoms with Crippen molar-refractivity contribution in [3.63, 3.8) is 0 Å². The topological polar surface area (TPSA) is 83.0 Å². The second kappa shape index (κ2) is 11.7. The third-order valence-electron chi connectivity index (χ3n) is 6.70. The summed E-state index contributed by atoms with van der Waals surface area (Å²) in [5.74, 6) is 2.31. The molecule has 0 aliphatic carbocycles. The summed E-state index contributed by atoms with van der Waals surface area (Å²) in [7, 11) is -1.85. The molecule has 0 bridgehead atoms. The van der Waals surface area contributed by atoms with Crippen molar-refractivity contribution >= 4 is 28.3 Å². The molecule has 0 unspecified atom stereocenters. The van der Waals surface area contributed by atoms with E-state index < -0.39 is 10.0 Å². The van der Waals surface area contributed by atoms with E-state index in [0.29, 0.717) is 43.3 Å². The van der Waals surface area contributed by atoms with Gasteiger partial charge in [0.15, 0.2) is 0 Å². The summed E-state index contributed by atoms with van der Waals surface area (Å²) < 4.78 is 33.4. The van der Waals surface area contributed by atoms with Crippen LogP contribution in [-0.4, -0.2) is 57.4 Å². The minimum Gasteiger partial charge on any atom is -0.497 e. The Morgan fingerprint density at radius 3 is 2.29 bits per heavy atom. The van der Waals surface area contributed by atoms with Crippen LogP contribution in [0.25, 0.3) is 0 Å². The van der Waals surface area contributed by atoms with E-state index in [1.54, 1.807) is 23.5 Å². The van der Waals surface area contributed by atoms with Crippen LogP contribution in [0.1, 0.15) is 37.8 Å². The third kappa shape index (κ3) is 6.36. The van der Waals surface area contributed by atoms with Gasteiger partial charge in [0.25, 0.3) is 0 Å². The molecule has 0 atom stereocenters. The van der Waals surface area contributed by atoms with Gasteiger partial charge in [-0.2, -0.15) is 4.31 Å². The molecular formula is C26H37ClN4O3S. The lowest BCUT2D eigenvalue weighted by atomic mass is 9.85. The molecule has 0 amide bonds. The second-order valence-corrected chi connectivity index (χ2v) is 11.5. The van der Waals surface area contributed by atoms with Gasteiger partial charge in [-0.05, 0) is 60.6 Å². The average molecular weight is 521 g/mol. The van der Waals surface area contributed by atoms with Gasteiger partial charge in [0.2, 0.25) is 10.0 Å². The Labute approximate surface area is 215 Å². The largest absolute Gasteiger partial charge is 0.497 e. The second-order valence-electron chi connectivity index (χ2n) is 9.59. The molecule has 7 nitrogen and oxygen atoms in total. The molecule has 0 saturated carbocycles. The van der Waals surface area contributed by atoms with Gasteiger partial charge in [-0.25, -0.2) is 8.42 Å². The number of nitrogens with zero attached hydrogens (tertiary/aromatic N) is 2. The molecule has 0 radical (unpaired) electrons. The summed E-state index contributed by atoms with van der Waals surface area (Å²) in [6.07, 6.45) is 2.32. The van der Waals surface area contributed by atoms with Crippen LogP contribution in [0.4, 0.5) is 0 Å². The quantitative estimate of drug-likeness (QED) is 0.582. The SMILES string of the molecule is COc1ccc(CNC2=NCCNC23CCN(S(=O)(=O)c2ccc(CC(C)C)cc2)CC3)cc1.Cl. The monoisotopic (exact) mass is 520 g/mol. The zero-order chi connectivity index (χ0) is 24.2. The van der Waals surface area contributed by atoms with Crippen LogP contribution in [0.5, 0.6) is 5.75 Å². The number of methoxy groups -OCH3 is 1. The van der Waals surface area contributed by atoms with E-state index in [2.05, 4.69) is 24.5 Å². The lowest BCUT2D eigenvalue weighted by Crippen LogP contribution is -2.64. The van der Waals surface area contributed by atoms with Crippen molar-refractivity contribution in [1.82, 2.24) is 14.9 Å². The summed E-state index contributed by atoms with van der Waals surface area (Å²) in [6, 6.07) is 15.4. The molecule has 1 spiro atoms. The van der Waals surface area contributed by atoms with Crippen molar-refractivity contribution in [2.24, 2.45) is 10.9 Å². The normalized spacial score (nSPS) is 18.1. The maximum absolute atomic E-state index is 13.3. The maximum atomic E-state index is 13.3. The molecule has 192 valence electrons. The Kier molecular flexibility index (Phi) is 9.21. The Morgan fingerprint density at radius 1 is 1.06 bits per heavy atom. The Hall–Kier alpha value is -2.13. The van der Waals surface area contributed by atoms with E-state index >= 15 is 0 Å². The predicted molar refractivity (Wildman–Crippen MR) is 143 cm³/mol. The number of hydrogen-bond acceptors (Lipinski definition) is 6. The van der Waals surface area contributed by atoms with Crippen molar-refractivity contribution in [1.29, 1.82) is 0 Å². The van der Waals surface area contributed by atoms with Gasteiger partial charge in [0.05, 0.1) is 24.1 Å². The number of nitrogens with one attached hydrogen (secondary N) is 2. The standard InChI is InChI=1S/C26H36N4O3S.ClH/c1-20(2)18-21-6-10-24(11-7-21)34(31,32)30-16-12-26(13-17-30)25(27-14-15-29-26)28-19-22-4-8-23(33-3)9-5-22;/h4-11,20,29H,12-19H2,1-3H3,(H,27,28);1H. The molecule has 2 aromatic rings. The summed E-state index contributed by atoms with van der Waals surface area (Å²) in [5.41, 5.74) is 2.00. The summed E-state index contributed by atoms with van der Waals surface area (Å²) in [4.78, 5) is 5.16. The molecule has 2 heterocycles. The molecule has 2 aliphatic heterocycles. The molecule has 9 heteroatoms. The molecule has 4 rings (SSSR count). The zero-order valence-electron chi connectivity index (χ0n) is 20.8. The highest BCUT2D eigenvalue weighted by Gasteiger charge is 2.43. The average Bonchev–Trinajstić information content (AvgIpc) is 2.84. The Balaban J connectivity index is 0.00000342. The molecule has 0 aromatic heterocycles. The third-order valence-corrected chi connectivity index (χ3v) is 8.61. The minimum absolute atomic E-state index is 0. The first-order valence-corrected chi connectivity index (χ1v) is 13.5. The molecule has 2 aromatic carbocycles. The van der Waals surface area contributed by atoms with Crippen molar-refractivity contribution < 1.29 is 13.2 Å². The summed E-state index contributed by atoms with van der Waals surface area (Å²) in [6.45, 7) is 7.44. The van der Waals surface area contributed by atoms with Crippen LogP contribution in [-0.2, 0) is 23.0 Å². The van der Waals surface area contributed by atoms with E-state index in [1.807, 2.05) is 36.4 Å². The zero-order valence-corrected chi connectivity index (χ0v) is 22.4. The van der Waals surface area contributed by atoms with Gasteiger partial charge in [-0.1, -0.05) is 38.1 Å². The first-order chi connectivity index (χ1) is 16.3. The van der Waals surface area contributed by atoms with Gasteiger partial charge < -0.3 is 15.4 Å². The number of sulfonamides is 1. The minimum atomic E-state index is -3.51. The highest BCUT2D eigenvalue weighted by molar-refractivity contribution is 7.89. The Bertz CT molecular complexity index is 1090. The fourth-order valence-electron chi connectivity index (χ4n) is 4.79. The highest BCUT2D eigenvalue weighted by atomic mass is 35.5. The van der Waals surface area contributed by atoms with Crippen LogP contribution in [0.15, 0.2) is 58.4 Å². The smallest absolute Gasteiger partial charge is 0.243 e. The fourth-order valence-corrected chi connectivity index (χ4v) is 6.23. The Morgan fingerprint density at radius 2 is 1.69 bits per heavy atom. The highest BCUT2D eigenvalue weighted by Crippen LogP contribution is 2.29. The summed E-state index contributed by atoms with van der Waals surface area (Å²) >= 11 is 0. The van der Waals surface area contributed by atoms with Gasteiger partial charge >= 0.3 is 0 Å². The van der Waals surface area contributed by atoms with Crippen LogP contribution in [0, 0.1) is 5.92 Å². The number of hydrogen-bond donors (Lipinski definition) is 2. The molecule has 35 heavy (non-hydrogen) atoms. The van der Waals surface area contributed by atoms with Gasteiger partial charge in [0.1, 0.15) is 11.6 Å². The molecule has 1 fully saturated rings. The van der Waals surface area contributed by atoms with E-state index in [4.69, 9.17) is 9.73 Å².